The maximum atomic E-state index is 12.7. The predicted octanol–water partition coefficient (Wildman–Crippen LogP) is 3.29. The van der Waals surface area contributed by atoms with Crippen molar-refractivity contribution in [1.29, 1.82) is 0 Å². The highest BCUT2D eigenvalue weighted by atomic mass is 16.3. The topological polar surface area (TPSA) is 40.5 Å². The maximum absolute atomic E-state index is 12.7. The van der Waals surface area contributed by atoms with Crippen molar-refractivity contribution < 1.29 is 9.90 Å². The van der Waals surface area contributed by atoms with Crippen LogP contribution in [0.4, 0.5) is 0 Å². The van der Waals surface area contributed by atoms with Crippen LogP contribution < -0.4 is 0 Å². The van der Waals surface area contributed by atoms with Gasteiger partial charge in [0.05, 0.1) is 0 Å². The molecule has 1 N–H and O–H groups in total. The van der Waals surface area contributed by atoms with E-state index in [9.17, 15) is 9.90 Å². The Kier molecular flexibility index (Phi) is 3.45. The lowest BCUT2D eigenvalue weighted by atomic mass is 9.96. The van der Waals surface area contributed by atoms with Crippen molar-refractivity contribution in [2.75, 3.05) is 0 Å². The van der Waals surface area contributed by atoms with Crippen LogP contribution in [-0.2, 0) is 4.79 Å². The molecule has 1 aromatic carbocycles. The van der Waals surface area contributed by atoms with E-state index in [4.69, 9.17) is 0 Å². The zero-order chi connectivity index (χ0) is 14.3. The number of carbonyl (C=O) groups is 1. The standard InChI is InChI=1S/C17H23NO2/c1-11-4-3-5-12(2)18(11)17(20)16-10-15(16)13-6-8-14(19)9-7-13/h6-9,11-12,15-16,19H,3-5,10H2,1-2H3. The molecular weight excluding hydrogens is 250 g/mol. The summed E-state index contributed by atoms with van der Waals surface area (Å²) in [4.78, 5) is 14.8. The van der Waals surface area contributed by atoms with Crippen LogP contribution in [0, 0.1) is 5.92 Å². The highest BCUT2D eigenvalue weighted by molar-refractivity contribution is 5.83. The molecule has 20 heavy (non-hydrogen) atoms. The van der Waals surface area contributed by atoms with Crippen LogP contribution in [0.2, 0.25) is 0 Å². The summed E-state index contributed by atoms with van der Waals surface area (Å²) in [6.07, 6.45) is 4.46. The average molecular weight is 273 g/mol. The van der Waals surface area contributed by atoms with Crippen molar-refractivity contribution in [3.8, 4) is 5.75 Å². The van der Waals surface area contributed by atoms with Crippen LogP contribution in [-0.4, -0.2) is 28.0 Å². The van der Waals surface area contributed by atoms with Gasteiger partial charge in [-0.1, -0.05) is 12.1 Å². The molecule has 108 valence electrons. The van der Waals surface area contributed by atoms with Crippen LogP contribution in [0.1, 0.15) is 51.0 Å². The molecule has 4 atom stereocenters. The molecule has 4 unspecified atom stereocenters. The Morgan fingerprint density at radius 3 is 2.35 bits per heavy atom. The first-order valence-corrected chi connectivity index (χ1v) is 7.69. The molecule has 3 heteroatoms. The van der Waals surface area contributed by atoms with Crippen molar-refractivity contribution in [3.05, 3.63) is 29.8 Å². The second-order valence-corrected chi connectivity index (χ2v) is 6.41. The fourth-order valence-electron chi connectivity index (χ4n) is 3.61. The lowest BCUT2D eigenvalue weighted by molar-refractivity contribution is -0.138. The van der Waals surface area contributed by atoms with E-state index < -0.39 is 0 Å². The van der Waals surface area contributed by atoms with Gasteiger partial charge in [0.1, 0.15) is 5.75 Å². The number of hydrogen-bond donors (Lipinski definition) is 1. The first-order valence-electron chi connectivity index (χ1n) is 7.69. The van der Waals surface area contributed by atoms with Gasteiger partial charge in [0.2, 0.25) is 5.91 Å². The van der Waals surface area contributed by atoms with Gasteiger partial charge in [0, 0.05) is 18.0 Å². The first kappa shape index (κ1) is 13.5. The molecule has 1 aromatic rings. The van der Waals surface area contributed by atoms with Crippen LogP contribution >= 0.6 is 0 Å². The highest BCUT2D eigenvalue weighted by Crippen LogP contribution is 2.49. The van der Waals surface area contributed by atoms with Gasteiger partial charge in [0.15, 0.2) is 0 Å². The number of piperidine rings is 1. The summed E-state index contributed by atoms with van der Waals surface area (Å²) in [6.45, 7) is 4.34. The third-order valence-corrected chi connectivity index (χ3v) is 4.88. The van der Waals surface area contributed by atoms with Gasteiger partial charge in [-0.15, -0.1) is 0 Å². The molecule has 1 saturated heterocycles. The quantitative estimate of drug-likeness (QED) is 0.898. The van der Waals surface area contributed by atoms with Gasteiger partial charge in [-0.25, -0.2) is 0 Å². The Morgan fingerprint density at radius 1 is 1.15 bits per heavy atom. The van der Waals surface area contributed by atoms with Crippen molar-refractivity contribution in [1.82, 2.24) is 4.90 Å². The summed E-state index contributed by atoms with van der Waals surface area (Å²) in [5.74, 6) is 1.13. The van der Waals surface area contributed by atoms with E-state index >= 15 is 0 Å². The van der Waals surface area contributed by atoms with Gasteiger partial charge < -0.3 is 10.0 Å². The number of likely N-dealkylation sites (tertiary alicyclic amines) is 1. The van der Waals surface area contributed by atoms with Gasteiger partial charge in [-0.2, -0.15) is 0 Å². The largest absolute Gasteiger partial charge is 0.508 e. The summed E-state index contributed by atoms with van der Waals surface area (Å²) in [6, 6.07) is 8.06. The number of aromatic hydroxyl groups is 1. The second-order valence-electron chi connectivity index (χ2n) is 6.41. The molecule has 1 aliphatic heterocycles. The number of benzene rings is 1. The first-order chi connectivity index (χ1) is 9.58. The van der Waals surface area contributed by atoms with E-state index in [-0.39, 0.29) is 11.7 Å². The summed E-state index contributed by atoms with van der Waals surface area (Å²) >= 11 is 0. The SMILES string of the molecule is CC1CCCC(C)N1C(=O)C1CC1c1ccc(O)cc1. The number of carbonyl (C=O) groups excluding carboxylic acids is 1. The molecule has 1 amide bonds. The zero-order valence-corrected chi connectivity index (χ0v) is 12.2. The Balaban J connectivity index is 1.69. The van der Waals surface area contributed by atoms with Gasteiger partial charge in [-0.05, 0) is 63.1 Å². The monoisotopic (exact) mass is 273 g/mol. The Morgan fingerprint density at radius 2 is 1.75 bits per heavy atom. The molecule has 0 aromatic heterocycles. The van der Waals surface area contributed by atoms with Crippen molar-refractivity contribution in [2.24, 2.45) is 5.92 Å². The summed E-state index contributed by atoms with van der Waals surface area (Å²) in [5, 5.41) is 9.33. The number of hydrogen-bond acceptors (Lipinski definition) is 2. The average Bonchev–Trinajstić information content (AvgIpc) is 3.19. The fourth-order valence-corrected chi connectivity index (χ4v) is 3.61. The highest BCUT2D eigenvalue weighted by Gasteiger charge is 2.47. The Bertz CT molecular complexity index is 486. The van der Waals surface area contributed by atoms with Crippen LogP contribution in [0.25, 0.3) is 0 Å². The second kappa shape index (κ2) is 5.12. The number of nitrogens with zero attached hydrogens (tertiary/aromatic N) is 1. The van der Waals surface area contributed by atoms with Crippen molar-refractivity contribution in [2.45, 2.75) is 57.5 Å². The molecule has 1 aliphatic carbocycles. The minimum Gasteiger partial charge on any atom is -0.508 e. The molecule has 2 aliphatic rings. The molecule has 2 fully saturated rings. The van der Waals surface area contributed by atoms with Crippen molar-refractivity contribution in [3.63, 3.8) is 0 Å². The normalized spacial score (nSPS) is 33.0. The zero-order valence-electron chi connectivity index (χ0n) is 12.2. The molecule has 0 radical (unpaired) electrons. The third-order valence-electron chi connectivity index (χ3n) is 4.88. The molecule has 0 spiro atoms. The number of amides is 1. The summed E-state index contributed by atoms with van der Waals surface area (Å²) in [7, 11) is 0. The van der Waals surface area contributed by atoms with Crippen LogP contribution in [0.3, 0.4) is 0 Å². The minimum atomic E-state index is 0.155. The maximum Gasteiger partial charge on any atom is 0.226 e. The summed E-state index contributed by atoms with van der Waals surface area (Å²) < 4.78 is 0. The molecule has 1 saturated carbocycles. The molecular formula is C17H23NO2. The molecule has 1 heterocycles. The van der Waals surface area contributed by atoms with E-state index in [0.717, 1.165) is 19.3 Å². The van der Waals surface area contributed by atoms with E-state index in [0.29, 0.717) is 23.9 Å². The van der Waals surface area contributed by atoms with E-state index in [2.05, 4.69) is 18.7 Å². The number of rotatable bonds is 2. The predicted molar refractivity (Wildman–Crippen MR) is 78.6 cm³/mol. The van der Waals surface area contributed by atoms with Crippen molar-refractivity contribution >= 4 is 5.91 Å². The lowest BCUT2D eigenvalue weighted by Gasteiger charge is -2.39. The van der Waals surface area contributed by atoms with Gasteiger partial charge in [-0.3, -0.25) is 4.79 Å². The lowest BCUT2D eigenvalue weighted by Crippen LogP contribution is -2.48. The number of phenolic OH excluding ortho intramolecular Hbond substituents is 1. The summed E-state index contributed by atoms with van der Waals surface area (Å²) in [5.41, 5.74) is 1.18. The van der Waals surface area contributed by atoms with Gasteiger partial charge >= 0.3 is 0 Å². The fraction of sp³-hybridized carbons (Fsp3) is 0.588. The number of phenols is 1. The Labute approximate surface area is 120 Å². The minimum absolute atomic E-state index is 0.155. The van der Waals surface area contributed by atoms with E-state index in [1.165, 1.54) is 12.0 Å². The van der Waals surface area contributed by atoms with Gasteiger partial charge in [0.25, 0.3) is 0 Å². The van der Waals surface area contributed by atoms with Crippen LogP contribution in [0.5, 0.6) is 5.75 Å². The Hall–Kier alpha value is -1.51. The smallest absolute Gasteiger partial charge is 0.226 e. The molecule has 3 rings (SSSR count). The molecule has 0 bridgehead atoms. The van der Waals surface area contributed by atoms with E-state index in [1.54, 1.807) is 12.1 Å². The van der Waals surface area contributed by atoms with E-state index in [1.807, 2.05) is 12.1 Å². The molecule has 3 nitrogen and oxygen atoms in total. The third kappa shape index (κ3) is 2.41. The van der Waals surface area contributed by atoms with Crippen LogP contribution in [0.15, 0.2) is 24.3 Å².